The minimum absolute atomic E-state index is 0.0400. The molecule has 236 valence electrons. The van der Waals surface area contributed by atoms with E-state index < -0.39 is 19.9 Å². The molecule has 2 rings (SSSR count). The molecule has 0 aliphatic carbocycles. The molecule has 2 aromatic rings. The molecule has 0 heterocycles. The second-order valence-corrected chi connectivity index (χ2v) is 15.2. The van der Waals surface area contributed by atoms with Gasteiger partial charge in [0.15, 0.2) is 9.84 Å². The first-order valence-corrected chi connectivity index (χ1v) is 18.3. The van der Waals surface area contributed by atoms with Gasteiger partial charge in [0.05, 0.1) is 21.6 Å². The molecular formula is C33H57NO5S2. The molecule has 0 fully saturated rings. The second-order valence-electron chi connectivity index (χ2n) is 10.9. The summed E-state index contributed by atoms with van der Waals surface area (Å²) in [4.78, 5) is 0.793. The summed E-state index contributed by atoms with van der Waals surface area (Å²) >= 11 is 0. The summed E-state index contributed by atoms with van der Waals surface area (Å²) in [7, 11) is -4.70. The van der Waals surface area contributed by atoms with Crippen LogP contribution in [0.2, 0.25) is 0 Å². The largest absolute Gasteiger partial charge is 0.393 e. The van der Waals surface area contributed by atoms with Crippen LogP contribution < -0.4 is 0 Å². The van der Waals surface area contributed by atoms with Gasteiger partial charge in [-0.15, -0.1) is 0 Å². The first-order valence-electron chi connectivity index (χ1n) is 15.2. The SMILES string of the molecule is CCCCCCC(C)N(C)S(=O)(=O)c1ccc(C)cc1.CCCCCCC(C)O.CCS(=O)(=O)c1ccc(C)cc1. The number of benzene rings is 2. The summed E-state index contributed by atoms with van der Waals surface area (Å²) in [6.45, 7) is 13.7. The van der Waals surface area contributed by atoms with Gasteiger partial charge in [0.1, 0.15) is 0 Å². The monoisotopic (exact) mass is 611 g/mol. The maximum atomic E-state index is 12.5. The van der Waals surface area contributed by atoms with E-state index in [1.54, 1.807) is 38.2 Å². The van der Waals surface area contributed by atoms with Crippen LogP contribution in [0.5, 0.6) is 0 Å². The van der Waals surface area contributed by atoms with Crippen LogP contribution >= 0.6 is 0 Å². The minimum Gasteiger partial charge on any atom is -0.393 e. The molecule has 1 N–H and O–H groups in total. The summed E-state index contributed by atoms with van der Waals surface area (Å²) in [6.07, 6.45) is 11.5. The van der Waals surface area contributed by atoms with E-state index in [0.717, 1.165) is 30.4 Å². The fourth-order valence-corrected chi connectivity index (χ4v) is 6.22. The Morgan fingerprint density at radius 1 is 0.659 bits per heavy atom. The van der Waals surface area contributed by atoms with Crippen LogP contribution in [0.3, 0.4) is 0 Å². The molecule has 0 aliphatic rings. The second kappa shape index (κ2) is 21.0. The quantitative estimate of drug-likeness (QED) is 0.206. The summed E-state index contributed by atoms with van der Waals surface area (Å²) in [5.74, 6) is 0.163. The Morgan fingerprint density at radius 2 is 1.07 bits per heavy atom. The van der Waals surface area contributed by atoms with Crippen molar-refractivity contribution >= 4 is 19.9 Å². The van der Waals surface area contributed by atoms with E-state index in [-0.39, 0.29) is 17.9 Å². The minimum atomic E-state index is -3.36. The van der Waals surface area contributed by atoms with Crippen molar-refractivity contribution in [2.75, 3.05) is 12.8 Å². The Balaban J connectivity index is 0.000000646. The van der Waals surface area contributed by atoms with Crippen LogP contribution in [0.1, 0.15) is 110 Å². The topological polar surface area (TPSA) is 91.8 Å². The molecule has 0 saturated carbocycles. The summed E-state index contributed by atoms with van der Waals surface area (Å²) in [5, 5.41) is 8.85. The first kappa shape index (κ1) is 39.3. The van der Waals surface area contributed by atoms with E-state index in [0.29, 0.717) is 9.79 Å². The molecule has 2 atom stereocenters. The standard InChI is InChI=1S/C16H27NO2S.C9H12O2S.C8H18O/c1-5-6-7-8-9-15(3)17(4)20(18,19)16-12-10-14(2)11-13-16;1-3-12(10,11)9-6-4-8(2)5-7-9;1-3-4-5-6-7-8(2)9/h10-13,15H,5-9H2,1-4H3;4-7H,3H2,1-2H3;8-9H,3-7H2,1-2H3. The van der Waals surface area contributed by atoms with Gasteiger partial charge in [-0.3, -0.25) is 0 Å². The van der Waals surface area contributed by atoms with Crippen molar-refractivity contribution in [2.45, 2.75) is 135 Å². The van der Waals surface area contributed by atoms with Crippen molar-refractivity contribution in [2.24, 2.45) is 0 Å². The molecule has 2 unspecified atom stereocenters. The number of nitrogens with zero attached hydrogens (tertiary/aromatic N) is 1. The Morgan fingerprint density at radius 3 is 1.46 bits per heavy atom. The zero-order valence-electron chi connectivity index (χ0n) is 26.9. The highest BCUT2D eigenvalue weighted by Gasteiger charge is 2.24. The van der Waals surface area contributed by atoms with Crippen LogP contribution in [0.25, 0.3) is 0 Å². The maximum absolute atomic E-state index is 12.5. The predicted octanol–water partition coefficient (Wildman–Crippen LogP) is 8.10. The average molecular weight is 612 g/mol. The number of unbranched alkanes of at least 4 members (excludes halogenated alkanes) is 6. The Hall–Kier alpha value is -1.74. The van der Waals surface area contributed by atoms with Crippen molar-refractivity contribution in [3.63, 3.8) is 0 Å². The van der Waals surface area contributed by atoms with Gasteiger partial charge in [-0.2, -0.15) is 4.31 Å². The molecule has 41 heavy (non-hydrogen) atoms. The van der Waals surface area contributed by atoms with Crippen molar-refractivity contribution < 1.29 is 21.9 Å². The lowest BCUT2D eigenvalue weighted by molar-refractivity contribution is 0.180. The lowest BCUT2D eigenvalue weighted by Crippen LogP contribution is -2.35. The zero-order valence-corrected chi connectivity index (χ0v) is 28.5. The van der Waals surface area contributed by atoms with E-state index in [2.05, 4.69) is 13.8 Å². The summed E-state index contributed by atoms with van der Waals surface area (Å²) in [6, 6.07) is 14.0. The third-order valence-electron chi connectivity index (χ3n) is 7.03. The number of sulfonamides is 1. The summed E-state index contributed by atoms with van der Waals surface area (Å²) in [5.41, 5.74) is 2.14. The van der Waals surface area contributed by atoms with Gasteiger partial charge in [-0.05, 0) is 64.8 Å². The van der Waals surface area contributed by atoms with Crippen LogP contribution in [0.15, 0.2) is 58.3 Å². The van der Waals surface area contributed by atoms with E-state index in [4.69, 9.17) is 5.11 Å². The zero-order chi connectivity index (χ0) is 31.5. The third kappa shape index (κ3) is 16.5. The number of aliphatic hydroxyl groups is 1. The summed E-state index contributed by atoms with van der Waals surface area (Å²) < 4.78 is 49.1. The lowest BCUT2D eigenvalue weighted by Gasteiger charge is -2.24. The molecule has 0 radical (unpaired) electrons. The van der Waals surface area contributed by atoms with Crippen molar-refractivity contribution in [3.05, 3.63) is 59.7 Å². The van der Waals surface area contributed by atoms with E-state index in [1.807, 2.05) is 52.0 Å². The molecule has 2 aromatic carbocycles. The molecule has 0 saturated heterocycles. The third-order valence-corrected chi connectivity index (χ3v) is 10.8. The highest BCUT2D eigenvalue weighted by atomic mass is 32.2. The number of rotatable bonds is 15. The molecule has 6 nitrogen and oxygen atoms in total. The number of sulfone groups is 1. The van der Waals surface area contributed by atoms with Crippen LogP contribution in [0, 0.1) is 13.8 Å². The molecule has 8 heteroatoms. The Kier molecular flexibility index (Phi) is 20.1. The van der Waals surface area contributed by atoms with Gasteiger partial charge in [-0.1, -0.05) is 108 Å². The smallest absolute Gasteiger partial charge is 0.243 e. The number of hydrogen-bond donors (Lipinski definition) is 1. The normalized spacial score (nSPS) is 13.0. The molecule has 0 bridgehead atoms. The van der Waals surface area contributed by atoms with Gasteiger partial charge in [0.2, 0.25) is 10.0 Å². The van der Waals surface area contributed by atoms with Gasteiger partial charge >= 0.3 is 0 Å². The molecule has 0 aromatic heterocycles. The van der Waals surface area contributed by atoms with Crippen molar-refractivity contribution in [1.29, 1.82) is 0 Å². The highest BCUT2D eigenvalue weighted by Crippen LogP contribution is 2.20. The average Bonchev–Trinajstić information content (AvgIpc) is 2.94. The number of aryl methyl sites for hydroxylation is 2. The highest BCUT2D eigenvalue weighted by molar-refractivity contribution is 7.91. The fraction of sp³-hybridized carbons (Fsp3) is 0.636. The van der Waals surface area contributed by atoms with Crippen LogP contribution in [0.4, 0.5) is 0 Å². The lowest BCUT2D eigenvalue weighted by atomic mass is 10.1. The molecular weight excluding hydrogens is 554 g/mol. The van der Waals surface area contributed by atoms with Gasteiger partial charge in [0.25, 0.3) is 0 Å². The Bertz CT molecular complexity index is 1140. The van der Waals surface area contributed by atoms with Crippen LogP contribution in [-0.4, -0.2) is 51.2 Å². The Labute approximate surface area is 252 Å². The molecule has 0 aliphatic heterocycles. The van der Waals surface area contributed by atoms with Gasteiger partial charge in [0, 0.05) is 13.1 Å². The first-order chi connectivity index (χ1) is 19.2. The number of aliphatic hydroxyl groups excluding tert-OH is 1. The van der Waals surface area contributed by atoms with Gasteiger partial charge < -0.3 is 5.11 Å². The number of hydrogen-bond acceptors (Lipinski definition) is 5. The van der Waals surface area contributed by atoms with Crippen molar-refractivity contribution in [3.8, 4) is 0 Å². The van der Waals surface area contributed by atoms with E-state index >= 15 is 0 Å². The maximum Gasteiger partial charge on any atom is 0.243 e. The van der Waals surface area contributed by atoms with Gasteiger partial charge in [-0.25, -0.2) is 16.8 Å². The molecule has 0 amide bonds. The van der Waals surface area contributed by atoms with Crippen molar-refractivity contribution in [1.82, 2.24) is 4.31 Å². The fourth-order valence-electron chi connectivity index (χ4n) is 3.94. The van der Waals surface area contributed by atoms with Crippen LogP contribution in [-0.2, 0) is 19.9 Å². The van der Waals surface area contributed by atoms with E-state index in [1.165, 1.54) is 49.3 Å². The predicted molar refractivity (Wildman–Crippen MR) is 174 cm³/mol. The molecule has 0 spiro atoms. The van der Waals surface area contributed by atoms with E-state index in [9.17, 15) is 16.8 Å².